The number of rotatable bonds is 3. The molecule has 0 unspecified atom stereocenters. The Balaban J connectivity index is 0.000000199. The average Bonchev–Trinajstić information content (AvgIpc) is 2.75. The lowest BCUT2D eigenvalue weighted by Crippen LogP contribution is -2.37. The summed E-state index contributed by atoms with van der Waals surface area (Å²) in [5.41, 5.74) is 0.956. The Morgan fingerprint density at radius 3 is 2.23 bits per heavy atom. The Morgan fingerprint density at radius 1 is 0.933 bits per heavy atom. The third kappa shape index (κ3) is 5.99. The monoisotopic (exact) mass is 432 g/mol. The fraction of sp³-hybridized carbons (Fsp3) is 0.476. The molecule has 2 aromatic rings. The van der Waals surface area contributed by atoms with Gasteiger partial charge >= 0.3 is 0 Å². The molecular weight excluding hydrogens is 404 g/mol. The maximum Gasteiger partial charge on any atom is 0.294 e. The van der Waals surface area contributed by atoms with E-state index in [-0.39, 0.29) is 10.8 Å². The molecular formula is C21H28N4O4S. The number of amides is 1. The van der Waals surface area contributed by atoms with Gasteiger partial charge in [-0.05, 0) is 57.2 Å². The molecule has 0 radical (unpaired) electrons. The predicted molar refractivity (Wildman–Crippen MR) is 115 cm³/mol. The zero-order valence-electron chi connectivity index (χ0n) is 17.2. The molecule has 2 aliphatic heterocycles. The van der Waals surface area contributed by atoms with Gasteiger partial charge < -0.3 is 4.90 Å². The van der Waals surface area contributed by atoms with E-state index in [0.29, 0.717) is 6.42 Å². The number of nitrogens with zero attached hydrogens (tertiary/aromatic N) is 4. The average molecular weight is 433 g/mol. The van der Waals surface area contributed by atoms with E-state index in [1.807, 2.05) is 13.0 Å². The Morgan fingerprint density at radius 2 is 1.60 bits per heavy atom. The highest BCUT2D eigenvalue weighted by Gasteiger charge is 2.22. The van der Waals surface area contributed by atoms with Gasteiger partial charge in [-0.2, -0.15) is 13.4 Å². The summed E-state index contributed by atoms with van der Waals surface area (Å²) in [7, 11) is -4.02. The molecule has 8 nitrogen and oxygen atoms in total. The number of aromatic nitrogens is 2. The molecule has 2 aliphatic rings. The van der Waals surface area contributed by atoms with Crippen LogP contribution in [0.1, 0.15) is 44.1 Å². The molecule has 162 valence electrons. The minimum Gasteiger partial charge on any atom is -0.341 e. The van der Waals surface area contributed by atoms with Crippen LogP contribution in [0.25, 0.3) is 0 Å². The van der Waals surface area contributed by atoms with E-state index >= 15 is 0 Å². The van der Waals surface area contributed by atoms with Gasteiger partial charge in [0, 0.05) is 32.3 Å². The number of aryl methyl sites for hydroxylation is 1. The van der Waals surface area contributed by atoms with Crippen molar-refractivity contribution in [3.63, 3.8) is 0 Å². The molecule has 1 aromatic heterocycles. The molecule has 2 fully saturated rings. The van der Waals surface area contributed by atoms with E-state index in [9.17, 15) is 13.2 Å². The van der Waals surface area contributed by atoms with Crippen molar-refractivity contribution in [2.45, 2.75) is 50.3 Å². The first-order valence-electron chi connectivity index (χ1n) is 10.3. The number of carbonyl (C=O) groups is 1. The van der Waals surface area contributed by atoms with Gasteiger partial charge in [0.25, 0.3) is 10.1 Å². The van der Waals surface area contributed by atoms with Crippen molar-refractivity contribution in [1.82, 2.24) is 9.97 Å². The summed E-state index contributed by atoms with van der Waals surface area (Å²) < 4.78 is 29.6. The fourth-order valence-corrected chi connectivity index (χ4v) is 3.97. The minimum atomic E-state index is -4.02. The van der Waals surface area contributed by atoms with Crippen molar-refractivity contribution in [3.8, 4) is 0 Å². The van der Waals surface area contributed by atoms with Crippen LogP contribution in [0.2, 0.25) is 0 Å². The summed E-state index contributed by atoms with van der Waals surface area (Å²) in [5, 5.41) is 0. The molecule has 9 heteroatoms. The molecule has 0 saturated carbocycles. The zero-order chi connectivity index (χ0) is 21.6. The van der Waals surface area contributed by atoms with Crippen LogP contribution in [0.4, 0.5) is 11.8 Å². The molecule has 1 N–H and O–H groups in total. The lowest BCUT2D eigenvalue weighted by atomic mass is 10.1. The second-order valence-electron chi connectivity index (χ2n) is 7.55. The molecule has 3 heterocycles. The molecule has 2 saturated heterocycles. The van der Waals surface area contributed by atoms with Crippen LogP contribution in [-0.4, -0.2) is 48.5 Å². The van der Waals surface area contributed by atoms with Crippen molar-refractivity contribution in [2.75, 3.05) is 29.4 Å². The maximum atomic E-state index is 11.9. The van der Waals surface area contributed by atoms with E-state index in [1.54, 1.807) is 23.2 Å². The van der Waals surface area contributed by atoms with Crippen LogP contribution in [0.5, 0.6) is 0 Å². The normalized spacial score (nSPS) is 17.3. The smallest absolute Gasteiger partial charge is 0.294 e. The first kappa shape index (κ1) is 22.2. The largest absolute Gasteiger partial charge is 0.341 e. The van der Waals surface area contributed by atoms with Gasteiger partial charge in [0.2, 0.25) is 11.9 Å². The summed E-state index contributed by atoms with van der Waals surface area (Å²) in [6.07, 6.45) is 8.18. The molecule has 1 aromatic carbocycles. The molecule has 4 rings (SSSR count). The lowest BCUT2D eigenvalue weighted by molar-refractivity contribution is -0.119. The highest BCUT2D eigenvalue weighted by molar-refractivity contribution is 7.85. The van der Waals surface area contributed by atoms with E-state index in [4.69, 9.17) is 4.55 Å². The number of hydrogen-bond acceptors (Lipinski definition) is 6. The van der Waals surface area contributed by atoms with Crippen molar-refractivity contribution >= 4 is 27.8 Å². The van der Waals surface area contributed by atoms with Gasteiger partial charge in [0.15, 0.2) is 0 Å². The molecule has 0 atom stereocenters. The first-order chi connectivity index (χ1) is 14.3. The van der Waals surface area contributed by atoms with Crippen LogP contribution in [0.3, 0.4) is 0 Å². The van der Waals surface area contributed by atoms with Gasteiger partial charge in [-0.15, -0.1) is 0 Å². The second-order valence-corrected chi connectivity index (χ2v) is 8.97. The van der Waals surface area contributed by atoms with Crippen LogP contribution in [-0.2, 0) is 14.9 Å². The van der Waals surface area contributed by atoms with E-state index < -0.39 is 10.1 Å². The highest BCUT2D eigenvalue weighted by atomic mass is 32.2. The Hall–Kier alpha value is -2.52. The zero-order valence-corrected chi connectivity index (χ0v) is 18.0. The van der Waals surface area contributed by atoms with Crippen LogP contribution < -0.4 is 9.80 Å². The topological polar surface area (TPSA) is 104 Å². The van der Waals surface area contributed by atoms with Crippen LogP contribution in [0.15, 0.2) is 41.4 Å². The van der Waals surface area contributed by atoms with Crippen LogP contribution >= 0.6 is 0 Å². The third-order valence-electron chi connectivity index (χ3n) is 5.19. The van der Waals surface area contributed by atoms with Crippen molar-refractivity contribution in [1.29, 1.82) is 0 Å². The van der Waals surface area contributed by atoms with Crippen molar-refractivity contribution in [2.24, 2.45) is 0 Å². The molecule has 1 amide bonds. The Labute approximate surface area is 177 Å². The molecule has 0 spiro atoms. The first-order valence-corrected chi connectivity index (χ1v) is 11.7. The van der Waals surface area contributed by atoms with Gasteiger partial charge in [-0.25, -0.2) is 4.98 Å². The van der Waals surface area contributed by atoms with E-state index in [2.05, 4.69) is 14.9 Å². The van der Waals surface area contributed by atoms with E-state index in [0.717, 1.165) is 49.8 Å². The minimum absolute atomic E-state index is 0.0666. The van der Waals surface area contributed by atoms with Gasteiger partial charge in [-0.3, -0.25) is 14.2 Å². The summed E-state index contributed by atoms with van der Waals surface area (Å²) in [6, 6.07) is 7.83. The quantitative estimate of drug-likeness (QED) is 0.743. The summed E-state index contributed by atoms with van der Waals surface area (Å²) >= 11 is 0. The van der Waals surface area contributed by atoms with Crippen LogP contribution in [0, 0.1) is 6.92 Å². The maximum absolute atomic E-state index is 11.9. The molecule has 0 bridgehead atoms. The van der Waals surface area contributed by atoms with E-state index in [1.165, 1.54) is 31.4 Å². The van der Waals surface area contributed by atoms with Crippen molar-refractivity contribution in [3.05, 3.63) is 42.1 Å². The second kappa shape index (κ2) is 9.99. The predicted octanol–water partition coefficient (Wildman–Crippen LogP) is 3.23. The SMILES string of the molecule is Cc1ccc(S(=O)(=O)O)cc1.O=C1CCCCN1c1ccnc(N2CCCCC2)n1. The standard InChI is InChI=1S/C14H20N4O.C7H8O3S/c19-13-6-2-5-11-18(13)12-7-8-15-14(16-12)17-9-3-1-4-10-17;1-6-2-4-7(5-3-6)11(8,9)10/h7-8H,1-6,9-11H2;2-5H,1H3,(H,8,9,10). The van der Waals surface area contributed by atoms with Crippen molar-refractivity contribution < 1.29 is 17.8 Å². The molecule has 30 heavy (non-hydrogen) atoms. The Bertz CT molecular complexity index is 957. The van der Waals surface area contributed by atoms with Gasteiger partial charge in [-0.1, -0.05) is 17.7 Å². The number of carbonyl (C=O) groups excluding carboxylic acids is 1. The number of piperidine rings is 2. The van der Waals surface area contributed by atoms with Gasteiger partial charge in [0.05, 0.1) is 4.90 Å². The number of hydrogen-bond donors (Lipinski definition) is 1. The lowest BCUT2D eigenvalue weighted by Gasteiger charge is -2.29. The summed E-state index contributed by atoms with van der Waals surface area (Å²) in [5.74, 6) is 1.73. The Kier molecular flexibility index (Phi) is 7.38. The highest BCUT2D eigenvalue weighted by Crippen LogP contribution is 2.22. The number of benzene rings is 1. The number of anilines is 2. The summed E-state index contributed by atoms with van der Waals surface area (Å²) in [6.45, 7) is 4.68. The molecule has 0 aliphatic carbocycles. The third-order valence-corrected chi connectivity index (χ3v) is 6.05. The van der Waals surface area contributed by atoms with Gasteiger partial charge in [0.1, 0.15) is 5.82 Å². The fourth-order valence-electron chi connectivity index (χ4n) is 3.49. The summed E-state index contributed by atoms with van der Waals surface area (Å²) in [4.78, 5) is 24.8.